The molecular weight excluding hydrogens is 212 g/mol. The molecule has 1 aromatic carbocycles. The molecule has 17 heavy (non-hydrogen) atoms. The summed E-state index contributed by atoms with van der Waals surface area (Å²) in [5.74, 6) is 0.947. The van der Waals surface area contributed by atoms with Crippen LogP contribution in [0.4, 0.5) is 0 Å². The highest BCUT2D eigenvalue weighted by Crippen LogP contribution is 2.32. The fraction of sp³-hybridized carbons (Fsp3) is 0.571. The lowest BCUT2D eigenvalue weighted by Gasteiger charge is -2.26. The molecule has 0 aliphatic heterocycles. The zero-order chi connectivity index (χ0) is 13.2. The summed E-state index contributed by atoms with van der Waals surface area (Å²) in [6, 6.07) is 2.34. The van der Waals surface area contributed by atoms with Gasteiger partial charge in [-0.3, -0.25) is 0 Å². The van der Waals surface area contributed by atoms with Crippen LogP contribution >= 0.6 is 0 Å². The molecule has 3 N–H and O–H groups in total. The fourth-order valence-electron chi connectivity index (χ4n) is 2.43. The van der Waals surface area contributed by atoms with Crippen molar-refractivity contribution in [3.05, 3.63) is 28.3 Å². The summed E-state index contributed by atoms with van der Waals surface area (Å²) in [5, 5.41) is 3.30. The van der Waals surface area contributed by atoms with Crippen LogP contribution in [0.15, 0.2) is 6.07 Å². The molecule has 0 aliphatic carbocycles. The maximum absolute atomic E-state index is 6.04. The summed E-state index contributed by atoms with van der Waals surface area (Å²) in [4.78, 5) is 0. The number of benzene rings is 1. The van der Waals surface area contributed by atoms with Gasteiger partial charge in [0.05, 0.1) is 7.11 Å². The van der Waals surface area contributed by atoms with E-state index in [-0.39, 0.29) is 12.1 Å². The molecule has 0 radical (unpaired) electrons. The summed E-state index contributed by atoms with van der Waals surface area (Å²) in [6.45, 7) is 8.36. The highest BCUT2D eigenvalue weighted by atomic mass is 16.5. The Hall–Kier alpha value is -1.06. The van der Waals surface area contributed by atoms with Gasteiger partial charge in [-0.1, -0.05) is 0 Å². The summed E-state index contributed by atoms with van der Waals surface area (Å²) in [6.07, 6.45) is 0. The molecule has 0 spiro atoms. The minimum Gasteiger partial charge on any atom is -0.496 e. The van der Waals surface area contributed by atoms with Crippen molar-refractivity contribution >= 4 is 0 Å². The lowest BCUT2D eigenvalue weighted by Crippen LogP contribution is -2.34. The summed E-state index contributed by atoms with van der Waals surface area (Å²) >= 11 is 0. The van der Waals surface area contributed by atoms with Gasteiger partial charge in [0, 0.05) is 12.1 Å². The van der Waals surface area contributed by atoms with Crippen molar-refractivity contribution in [3.8, 4) is 5.75 Å². The third kappa shape index (κ3) is 2.61. The van der Waals surface area contributed by atoms with E-state index in [2.05, 4.69) is 32.2 Å². The van der Waals surface area contributed by atoms with Gasteiger partial charge in [0.25, 0.3) is 0 Å². The first kappa shape index (κ1) is 14.0. The van der Waals surface area contributed by atoms with Crippen molar-refractivity contribution < 1.29 is 4.74 Å². The highest BCUT2D eigenvalue weighted by molar-refractivity contribution is 5.49. The summed E-state index contributed by atoms with van der Waals surface area (Å²) < 4.78 is 5.38. The molecule has 1 aromatic rings. The van der Waals surface area contributed by atoms with Gasteiger partial charge in [-0.05, 0) is 63.1 Å². The van der Waals surface area contributed by atoms with E-state index in [9.17, 15) is 0 Å². The number of hydrogen-bond acceptors (Lipinski definition) is 3. The number of nitrogens with two attached hydrogens (primary N) is 1. The van der Waals surface area contributed by atoms with Crippen molar-refractivity contribution in [3.63, 3.8) is 0 Å². The Balaban J connectivity index is 3.38. The van der Waals surface area contributed by atoms with Gasteiger partial charge in [0.1, 0.15) is 5.75 Å². The second-order valence-corrected chi connectivity index (χ2v) is 4.68. The number of methoxy groups -OCH3 is 1. The zero-order valence-electron chi connectivity index (χ0n) is 11.7. The quantitative estimate of drug-likeness (QED) is 0.842. The largest absolute Gasteiger partial charge is 0.496 e. The fourth-order valence-corrected chi connectivity index (χ4v) is 2.43. The molecule has 0 heterocycles. The first-order valence-corrected chi connectivity index (χ1v) is 6.01. The molecule has 0 saturated carbocycles. The molecule has 96 valence electrons. The smallest absolute Gasteiger partial charge is 0.122 e. The topological polar surface area (TPSA) is 47.3 Å². The molecule has 0 aliphatic rings. The predicted molar refractivity (Wildman–Crippen MR) is 72.7 cm³/mol. The SMILES string of the molecule is CNC(c1c(C)cc(OC)c(C)c1C)C(C)N. The Morgan fingerprint density at radius 1 is 1.24 bits per heavy atom. The second-order valence-electron chi connectivity index (χ2n) is 4.68. The number of aryl methyl sites for hydroxylation is 1. The van der Waals surface area contributed by atoms with Crippen LogP contribution in [0.2, 0.25) is 0 Å². The van der Waals surface area contributed by atoms with Crippen LogP contribution in [0.3, 0.4) is 0 Å². The van der Waals surface area contributed by atoms with Crippen LogP contribution in [0, 0.1) is 20.8 Å². The normalized spacial score (nSPS) is 14.5. The lowest BCUT2D eigenvalue weighted by molar-refractivity contribution is 0.409. The van der Waals surface area contributed by atoms with Gasteiger partial charge >= 0.3 is 0 Å². The molecule has 0 saturated heterocycles. The average Bonchev–Trinajstić information content (AvgIpc) is 2.28. The molecule has 3 heteroatoms. The van der Waals surface area contributed by atoms with Crippen LogP contribution < -0.4 is 15.8 Å². The van der Waals surface area contributed by atoms with E-state index in [4.69, 9.17) is 10.5 Å². The van der Waals surface area contributed by atoms with Crippen LogP contribution in [0.1, 0.15) is 35.2 Å². The van der Waals surface area contributed by atoms with E-state index in [0.29, 0.717) is 0 Å². The molecular formula is C14H24N2O. The maximum Gasteiger partial charge on any atom is 0.122 e. The average molecular weight is 236 g/mol. The maximum atomic E-state index is 6.04. The van der Waals surface area contributed by atoms with Gasteiger partial charge < -0.3 is 15.8 Å². The molecule has 0 fully saturated rings. The standard InChI is InChI=1S/C14H24N2O/c1-8-7-12(17-6)9(2)10(3)13(8)14(16-5)11(4)15/h7,11,14,16H,15H2,1-6H3. The minimum atomic E-state index is 0.0743. The van der Waals surface area contributed by atoms with E-state index < -0.39 is 0 Å². The van der Waals surface area contributed by atoms with E-state index in [1.807, 2.05) is 14.0 Å². The van der Waals surface area contributed by atoms with E-state index >= 15 is 0 Å². The molecule has 2 unspecified atom stereocenters. The third-order valence-electron chi connectivity index (χ3n) is 3.48. The van der Waals surface area contributed by atoms with Crippen LogP contribution in [-0.4, -0.2) is 20.2 Å². The second kappa shape index (κ2) is 5.52. The minimum absolute atomic E-state index is 0.0743. The number of rotatable bonds is 4. The molecule has 1 rings (SSSR count). The van der Waals surface area contributed by atoms with Crippen LogP contribution in [0.5, 0.6) is 5.75 Å². The van der Waals surface area contributed by atoms with Crippen LogP contribution in [-0.2, 0) is 0 Å². The van der Waals surface area contributed by atoms with E-state index in [0.717, 1.165) is 5.75 Å². The van der Waals surface area contributed by atoms with Crippen molar-refractivity contribution in [1.29, 1.82) is 0 Å². The number of ether oxygens (including phenoxy) is 1. The Morgan fingerprint density at radius 3 is 2.24 bits per heavy atom. The zero-order valence-corrected chi connectivity index (χ0v) is 11.7. The van der Waals surface area contributed by atoms with E-state index in [1.165, 1.54) is 22.3 Å². The van der Waals surface area contributed by atoms with Gasteiger partial charge in [0.2, 0.25) is 0 Å². The molecule has 0 bridgehead atoms. The molecule has 2 atom stereocenters. The Bertz CT molecular complexity index is 400. The van der Waals surface area contributed by atoms with Crippen molar-refractivity contribution in [2.75, 3.05) is 14.2 Å². The first-order chi connectivity index (χ1) is 7.93. The van der Waals surface area contributed by atoms with Gasteiger partial charge in [0.15, 0.2) is 0 Å². The van der Waals surface area contributed by atoms with E-state index in [1.54, 1.807) is 7.11 Å². The first-order valence-electron chi connectivity index (χ1n) is 6.01. The van der Waals surface area contributed by atoms with Gasteiger partial charge in [-0.15, -0.1) is 0 Å². The van der Waals surface area contributed by atoms with Crippen molar-refractivity contribution in [2.24, 2.45) is 5.73 Å². The molecule has 3 nitrogen and oxygen atoms in total. The Morgan fingerprint density at radius 2 is 1.82 bits per heavy atom. The third-order valence-corrected chi connectivity index (χ3v) is 3.48. The monoisotopic (exact) mass is 236 g/mol. The number of nitrogens with one attached hydrogen (secondary N) is 1. The lowest BCUT2D eigenvalue weighted by atomic mass is 9.89. The summed E-state index contributed by atoms with van der Waals surface area (Å²) in [7, 11) is 3.66. The van der Waals surface area contributed by atoms with Gasteiger partial charge in [-0.25, -0.2) is 0 Å². The highest BCUT2D eigenvalue weighted by Gasteiger charge is 2.20. The summed E-state index contributed by atoms with van der Waals surface area (Å²) in [5.41, 5.74) is 11.0. The van der Waals surface area contributed by atoms with Crippen molar-refractivity contribution in [2.45, 2.75) is 39.8 Å². The van der Waals surface area contributed by atoms with Gasteiger partial charge in [-0.2, -0.15) is 0 Å². The Kier molecular flexibility index (Phi) is 4.54. The predicted octanol–water partition coefficient (Wildman–Crippen LogP) is 2.23. The molecule has 0 aromatic heterocycles. The number of hydrogen-bond donors (Lipinski definition) is 2. The molecule has 0 amide bonds. The number of likely N-dealkylation sites (N-methyl/N-ethyl adjacent to an activating group) is 1. The van der Waals surface area contributed by atoms with Crippen molar-refractivity contribution in [1.82, 2.24) is 5.32 Å². The Labute approximate surface area is 104 Å². The van der Waals surface area contributed by atoms with Crippen LogP contribution in [0.25, 0.3) is 0 Å².